The number of nitriles is 1. The van der Waals surface area contributed by atoms with Crippen molar-refractivity contribution in [3.05, 3.63) is 45.3 Å². The molecule has 4 heteroatoms. The first-order chi connectivity index (χ1) is 8.61. The lowest BCUT2D eigenvalue weighted by Crippen LogP contribution is -2.09. The number of hydrogen-bond acceptors (Lipinski definition) is 4. The first-order valence-electron chi connectivity index (χ1n) is 5.80. The molecule has 0 saturated carbocycles. The zero-order chi connectivity index (χ0) is 13.1. The number of aromatic nitrogens is 1. The van der Waals surface area contributed by atoms with Gasteiger partial charge >= 0.3 is 0 Å². The van der Waals surface area contributed by atoms with Crippen LogP contribution >= 0.6 is 11.3 Å². The maximum Gasteiger partial charge on any atom is 0.144 e. The zero-order valence-electron chi connectivity index (χ0n) is 10.7. The quantitative estimate of drug-likeness (QED) is 0.909. The predicted molar refractivity (Wildman–Crippen MR) is 74.8 cm³/mol. The molecule has 92 valence electrons. The molecule has 0 bridgehead atoms. The van der Waals surface area contributed by atoms with Crippen LogP contribution in [0.1, 0.15) is 33.8 Å². The molecule has 0 fully saturated rings. The summed E-state index contributed by atoms with van der Waals surface area (Å²) in [5.74, 6) is 0.649. The normalized spacial score (nSPS) is 11.9. The van der Waals surface area contributed by atoms with Gasteiger partial charge in [-0.05, 0) is 44.5 Å². The summed E-state index contributed by atoms with van der Waals surface area (Å²) in [5.41, 5.74) is 1.85. The van der Waals surface area contributed by atoms with E-state index >= 15 is 0 Å². The average molecular weight is 257 g/mol. The van der Waals surface area contributed by atoms with Gasteiger partial charge in [0.2, 0.25) is 0 Å². The molecule has 0 radical (unpaired) electrons. The van der Waals surface area contributed by atoms with Gasteiger partial charge in [0.15, 0.2) is 0 Å². The van der Waals surface area contributed by atoms with E-state index in [-0.39, 0.29) is 6.04 Å². The van der Waals surface area contributed by atoms with Crippen LogP contribution in [0.2, 0.25) is 0 Å². The molecule has 0 aromatic carbocycles. The van der Waals surface area contributed by atoms with Gasteiger partial charge in [-0.15, -0.1) is 11.3 Å². The van der Waals surface area contributed by atoms with Crippen molar-refractivity contribution in [3.8, 4) is 6.07 Å². The van der Waals surface area contributed by atoms with Crippen molar-refractivity contribution in [2.75, 3.05) is 5.32 Å². The molecule has 2 rings (SSSR count). The molecule has 2 heterocycles. The Labute approximate surface area is 111 Å². The molecule has 2 aromatic heterocycles. The lowest BCUT2D eigenvalue weighted by molar-refractivity contribution is 0.870. The van der Waals surface area contributed by atoms with E-state index in [0.29, 0.717) is 11.4 Å². The molecular formula is C14H15N3S. The second kappa shape index (κ2) is 5.19. The minimum Gasteiger partial charge on any atom is -0.362 e. The van der Waals surface area contributed by atoms with E-state index in [1.165, 1.54) is 15.3 Å². The maximum atomic E-state index is 9.03. The summed E-state index contributed by atoms with van der Waals surface area (Å²) < 4.78 is 0. The molecule has 18 heavy (non-hydrogen) atoms. The van der Waals surface area contributed by atoms with Crippen molar-refractivity contribution in [1.82, 2.24) is 4.98 Å². The van der Waals surface area contributed by atoms with E-state index in [9.17, 15) is 0 Å². The van der Waals surface area contributed by atoms with Crippen molar-refractivity contribution in [2.24, 2.45) is 0 Å². The number of thiophene rings is 1. The van der Waals surface area contributed by atoms with Gasteiger partial charge in [0.05, 0.1) is 11.6 Å². The molecule has 0 amide bonds. The Kier molecular flexibility index (Phi) is 3.63. The fourth-order valence-electron chi connectivity index (χ4n) is 1.97. The molecule has 3 nitrogen and oxygen atoms in total. The minimum atomic E-state index is 0.150. The van der Waals surface area contributed by atoms with E-state index in [4.69, 9.17) is 5.26 Å². The highest BCUT2D eigenvalue weighted by atomic mass is 32.1. The van der Waals surface area contributed by atoms with Crippen LogP contribution in [0.25, 0.3) is 0 Å². The van der Waals surface area contributed by atoms with Gasteiger partial charge in [-0.2, -0.15) is 5.26 Å². The molecule has 1 N–H and O–H groups in total. The molecule has 1 unspecified atom stereocenters. The number of pyridine rings is 1. The predicted octanol–water partition coefficient (Wildman–Crippen LogP) is 3.80. The van der Waals surface area contributed by atoms with Crippen molar-refractivity contribution in [2.45, 2.75) is 26.8 Å². The fourth-order valence-corrected chi connectivity index (χ4v) is 3.00. The molecule has 1 atom stereocenters. The van der Waals surface area contributed by atoms with Crippen LogP contribution in [0, 0.1) is 25.2 Å². The van der Waals surface area contributed by atoms with E-state index in [0.717, 1.165) is 0 Å². The van der Waals surface area contributed by atoms with Crippen LogP contribution in [0.5, 0.6) is 0 Å². The first-order valence-corrected chi connectivity index (χ1v) is 6.62. The standard InChI is InChI=1S/C14H15N3S/c1-9-7-13(11(3)18-9)10(2)17-14-12(8-15)5-4-6-16-14/h4-7,10H,1-3H3,(H,16,17). The lowest BCUT2D eigenvalue weighted by Gasteiger charge is -2.15. The van der Waals surface area contributed by atoms with Crippen molar-refractivity contribution in [3.63, 3.8) is 0 Å². The summed E-state index contributed by atoms with van der Waals surface area (Å²) in [6.45, 7) is 6.31. The van der Waals surface area contributed by atoms with E-state index in [1.54, 1.807) is 29.7 Å². The van der Waals surface area contributed by atoms with Gasteiger partial charge in [-0.25, -0.2) is 4.98 Å². The van der Waals surface area contributed by atoms with E-state index < -0.39 is 0 Å². The smallest absolute Gasteiger partial charge is 0.144 e. The van der Waals surface area contributed by atoms with Crippen molar-refractivity contribution >= 4 is 17.2 Å². The maximum absolute atomic E-state index is 9.03. The Morgan fingerprint density at radius 3 is 2.83 bits per heavy atom. The Balaban J connectivity index is 2.24. The average Bonchev–Trinajstić information content (AvgIpc) is 2.69. The monoisotopic (exact) mass is 257 g/mol. The molecule has 0 saturated heterocycles. The van der Waals surface area contributed by atoms with Crippen LogP contribution in [-0.4, -0.2) is 4.98 Å². The number of hydrogen-bond donors (Lipinski definition) is 1. The van der Waals surface area contributed by atoms with Gasteiger partial charge in [-0.1, -0.05) is 0 Å². The van der Waals surface area contributed by atoms with Gasteiger partial charge < -0.3 is 5.32 Å². The third-order valence-corrected chi connectivity index (χ3v) is 3.81. The van der Waals surface area contributed by atoms with Crippen LogP contribution in [0.3, 0.4) is 0 Å². The van der Waals surface area contributed by atoms with Crippen LogP contribution < -0.4 is 5.32 Å². The summed E-state index contributed by atoms with van der Waals surface area (Å²) in [6.07, 6.45) is 1.70. The van der Waals surface area contributed by atoms with E-state index in [2.05, 4.69) is 43.2 Å². The molecule has 0 spiro atoms. The summed E-state index contributed by atoms with van der Waals surface area (Å²) in [5, 5.41) is 12.3. The molecule has 2 aromatic rings. The van der Waals surface area contributed by atoms with Gasteiger partial charge in [0.25, 0.3) is 0 Å². The molecular weight excluding hydrogens is 242 g/mol. The summed E-state index contributed by atoms with van der Waals surface area (Å²) in [7, 11) is 0. The highest BCUT2D eigenvalue weighted by molar-refractivity contribution is 7.12. The SMILES string of the molecule is Cc1cc(C(C)Nc2ncccc2C#N)c(C)s1. The van der Waals surface area contributed by atoms with Gasteiger partial charge in [0, 0.05) is 16.0 Å². The third kappa shape index (κ3) is 2.52. The van der Waals surface area contributed by atoms with Crippen molar-refractivity contribution in [1.29, 1.82) is 5.26 Å². The first kappa shape index (κ1) is 12.6. The molecule has 0 aliphatic heterocycles. The summed E-state index contributed by atoms with van der Waals surface area (Å²) in [6, 6.07) is 8.03. The van der Waals surface area contributed by atoms with E-state index in [1.807, 2.05) is 0 Å². The number of nitrogens with one attached hydrogen (secondary N) is 1. The number of aryl methyl sites for hydroxylation is 2. The number of anilines is 1. The van der Waals surface area contributed by atoms with Crippen LogP contribution in [-0.2, 0) is 0 Å². The zero-order valence-corrected chi connectivity index (χ0v) is 11.5. The summed E-state index contributed by atoms with van der Waals surface area (Å²) >= 11 is 1.79. The summed E-state index contributed by atoms with van der Waals surface area (Å²) in [4.78, 5) is 6.83. The fraction of sp³-hybridized carbons (Fsp3) is 0.286. The highest BCUT2D eigenvalue weighted by Gasteiger charge is 2.13. The van der Waals surface area contributed by atoms with Crippen molar-refractivity contribution < 1.29 is 0 Å². The number of nitrogens with zero attached hydrogens (tertiary/aromatic N) is 2. The molecule has 0 aliphatic rings. The second-order valence-electron chi connectivity index (χ2n) is 4.25. The minimum absolute atomic E-state index is 0.150. The lowest BCUT2D eigenvalue weighted by atomic mass is 10.1. The Hall–Kier alpha value is -1.86. The topological polar surface area (TPSA) is 48.7 Å². The third-order valence-electron chi connectivity index (χ3n) is 2.83. The Morgan fingerprint density at radius 1 is 1.44 bits per heavy atom. The van der Waals surface area contributed by atoms with Gasteiger partial charge in [-0.3, -0.25) is 0 Å². The van der Waals surface area contributed by atoms with Gasteiger partial charge in [0.1, 0.15) is 11.9 Å². The van der Waals surface area contributed by atoms with Crippen LogP contribution in [0.15, 0.2) is 24.4 Å². The Morgan fingerprint density at radius 2 is 2.22 bits per heavy atom. The molecule has 0 aliphatic carbocycles. The highest BCUT2D eigenvalue weighted by Crippen LogP contribution is 2.28. The number of rotatable bonds is 3. The van der Waals surface area contributed by atoms with Crippen LogP contribution in [0.4, 0.5) is 5.82 Å². The second-order valence-corrected chi connectivity index (χ2v) is 5.71. The Bertz CT molecular complexity index is 595. The largest absolute Gasteiger partial charge is 0.362 e.